The van der Waals surface area contributed by atoms with Gasteiger partial charge in [-0.05, 0) is 43.9 Å². The standard InChI is InChI=1S/C14H22N2O2/c1-13(6-7-13)14(8-9-14)16-12(18)10-4-2-3-5-11(17)15-10/h10H,2-9H2,1H3,(H,15,17)(H,16,18). The first-order valence-corrected chi connectivity index (χ1v) is 7.16. The zero-order valence-electron chi connectivity index (χ0n) is 11.1. The second-order valence-electron chi connectivity index (χ2n) is 6.50. The van der Waals surface area contributed by atoms with E-state index < -0.39 is 0 Å². The molecule has 3 aliphatic rings. The number of hydrogen-bond acceptors (Lipinski definition) is 2. The summed E-state index contributed by atoms with van der Waals surface area (Å²) in [6.45, 7) is 2.27. The molecule has 1 heterocycles. The summed E-state index contributed by atoms with van der Waals surface area (Å²) in [6.07, 6.45) is 7.87. The molecule has 1 aliphatic heterocycles. The van der Waals surface area contributed by atoms with Crippen LogP contribution in [0.1, 0.15) is 58.3 Å². The first-order valence-electron chi connectivity index (χ1n) is 7.16. The van der Waals surface area contributed by atoms with E-state index in [4.69, 9.17) is 0 Å². The lowest BCUT2D eigenvalue weighted by Gasteiger charge is -2.27. The quantitative estimate of drug-likeness (QED) is 0.797. The lowest BCUT2D eigenvalue weighted by Crippen LogP contribution is -2.52. The molecule has 2 amide bonds. The van der Waals surface area contributed by atoms with Gasteiger partial charge in [0.05, 0.1) is 0 Å². The minimum absolute atomic E-state index is 0.0233. The smallest absolute Gasteiger partial charge is 0.243 e. The molecule has 1 atom stereocenters. The van der Waals surface area contributed by atoms with Crippen LogP contribution in [0.2, 0.25) is 0 Å². The molecule has 0 aromatic heterocycles. The van der Waals surface area contributed by atoms with Crippen LogP contribution < -0.4 is 10.6 Å². The van der Waals surface area contributed by atoms with Gasteiger partial charge in [0.25, 0.3) is 0 Å². The van der Waals surface area contributed by atoms with Gasteiger partial charge in [0.2, 0.25) is 11.8 Å². The van der Waals surface area contributed by atoms with E-state index >= 15 is 0 Å². The van der Waals surface area contributed by atoms with Crippen LogP contribution in [0.3, 0.4) is 0 Å². The maximum Gasteiger partial charge on any atom is 0.243 e. The number of hydrogen-bond donors (Lipinski definition) is 2. The molecule has 1 unspecified atom stereocenters. The summed E-state index contributed by atoms with van der Waals surface area (Å²) in [6, 6.07) is -0.306. The Morgan fingerprint density at radius 1 is 1.28 bits per heavy atom. The number of rotatable bonds is 3. The largest absolute Gasteiger partial charge is 0.348 e. The molecule has 1 saturated heterocycles. The lowest BCUT2D eigenvalue weighted by molar-refractivity contribution is -0.129. The van der Waals surface area contributed by atoms with Crippen LogP contribution >= 0.6 is 0 Å². The van der Waals surface area contributed by atoms with E-state index in [2.05, 4.69) is 17.6 Å². The topological polar surface area (TPSA) is 58.2 Å². The van der Waals surface area contributed by atoms with E-state index in [-0.39, 0.29) is 23.4 Å². The average molecular weight is 250 g/mol. The van der Waals surface area contributed by atoms with Gasteiger partial charge in [-0.2, -0.15) is 0 Å². The summed E-state index contributed by atoms with van der Waals surface area (Å²) in [7, 11) is 0. The van der Waals surface area contributed by atoms with Crippen molar-refractivity contribution in [2.45, 2.75) is 69.9 Å². The second kappa shape index (κ2) is 3.97. The molecule has 2 aliphatic carbocycles. The molecule has 0 aromatic carbocycles. The molecule has 3 rings (SSSR count). The summed E-state index contributed by atoms with van der Waals surface area (Å²) in [5, 5.41) is 6.08. The third kappa shape index (κ3) is 2.02. The van der Waals surface area contributed by atoms with Crippen LogP contribution in [0.25, 0.3) is 0 Å². The molecular formula is C14H22N2O2. The molecule has 2 N–H and O–H groups in total. The van der Waals surface area contributed by atoms with Gasteiger partial charge >= 0.3 is 0 Å². The van der Waals surface area contributed by atoms with Gasteiger partial charge in [-0.25, -0.2) is 0 Å². The van der Waals surface area contributed by atoms with E-state index in [1.807, 2.05) is 0 Å². The van der Waals surface area contributed by atoms with Gasteiger partial charge in [0, 0.05) is 12.0 Å². The average Bonchev–Trinajstić information content (AvgIpc) is 3.17. The highest BCUT2D eigenvalue weighted by Gasteiger charge is 2.63. The molecule has 0 radical (unpaired) electrons. The third-order valence-corrected chi connectivity index (χ3v) is 5.07. The normalized spacial score (nSPS) is 32.1. The van der Waals surface area contributed by atoms with E-state index in [0.717, 1.165) is 32.1 Å². The van der Waals surface area contributed by atoms with Crippen molar-refractivity contribution in [1.82, 2.24) is 10.6 Å². The molecule has 0 aromatic rings. The maximum absolute atomic E-state index is 12.3. The Labute approximate surface area is 108 Å². The van der Waals surface area contributed by atoms with E-state index in [0.29, 0.717) is 11.8 Å². The Morgan fingerprint density at radius 3 is 2.61 bits per heavy atom. The van der Waals surface area contributed by atoms with Crippen LogP contribution in [0, 0.1) is 5.41 Å². The molecule has 100 valence electrons. The van der Waals surface area contributed by atoms with Gasteiger partial charge in [-0.15, -0.1) is 0 Å². The highest BCUT2D eigenvalue weighted by molar-refractivity contribution is 5.88. The highest BCUT2D eigenvalue weighted by Crippen LogP contribution is 2.63. The Bertz CT molecular complexity index is 383. The molecule has 18 heavy (non-hydrogen) atoms. The summed E-state index contributed by atoms with van der Waals surface area (Å²) in [5.41, 5.74) is 0.387. The molecule has 2 saturated carbocycles. The zero-order valence-corrected chi connectivity index (χ0v) is 11.1. The first kappa shape index (κ1) is 12.0. The highest BCUT2D eigenvalue weighted by atomic mass is 16.2. The van der Waals surface area contributed by atoms with Crippen molar-refractivity contribution in [3.05, 3.63) is 0 Å². The SMILES string of the molecule is CC1(C2(NC(=O)C3CCCCC(=O)N3)CC2)CC1. The Hall–Kier alpha value is -1.06. The van der Waals surface area contributed by atoms with Crippen molar-refractivity contribution in [2.75, 3.05) is 0 Å². The fourth-order valence-electron chi connectivity index (χ4n) is 3.16. The van der Waals surface area contributed by atoms with Crippen molar-refractivity contribution in [2.24, 2.45) is 5.41 Å². The van der Waals surface area contributed by atoms with Crippen LogP contribution in [0.5, 0.6) is 0 Å². The third-order valence-electron chi connectivity index (χ3n) is 5.07. The van der Waals surface area contributed by atoms with Gasteiger partial charge in [-0.1, -0.05) is 13.3 Å². The number of carbonyl (C=O) groups is 2. The fraction of sp³-hybridized carbons (Fsp3) is 0.857. The Balaban J connectivity index is 1.62. The predicted molar refractivity (Wildman–Crippen MR) is 67.8 cm³/mol. The van der Waals surface area contributed by atoms with Crippen LogP contribution in [-0.4, -0.2) is 23.4 Å². The van der Waals surface area contributed by atoms with Crippen LogP contribution in [0.15, 0.2) is 0 Å². The fourth-order valence-corrected chi connectivity index (χ4v) is 3.16. The minimum Gasteiger partial charge on any atom is -0.348 e. The molecule has 0 spiro atoms. The van der Waals surface area contributed by atoms with Crippen LogP contribution in [0.4, 0.5) is 0 Å². The van der Waals surface area contributed by atoms with Crippen molar-refractivity contribution in [3.8, 4) is 0 Å². The first-order chi connectivity index (χ1) is 8.55. The lowest BCUT2D eigenvalue weighted by atomic mass is 9.95. The molecule has 4 heteroatoms. The molecule has 0 bridgehead atoms. The van der Waals surface area contributed by atoms with Crippen molar-refractivity contribution in [1.29, 1.82) is 0 Å². The van der Waals surface area contributed by atoms with Crippen molar-refractivity contribution in [3.63, 3.8) is 0 Å². The van der Waals surface area contributed by atoms with Crippen molar-refractivity contribution < 1.29 is 9.59 Å². The number of carbonyl (C=O) groups excluding carboxylic acids is 2. The van der Waals surface area contributed by atoms with Crippen molar-refractivity contribution >= 4 is 11.8 Å². The van der Waals surface area contributed by atoms with E-state index in [9.17, 15) is 9.59 Å². The Morgan fingerprint density at radius 2 is 2.00 bits per heavy atom. The number of amides is 2. The van der Waals surface area contributed by atoms with Gasteiger partial charge in [-0.3, -0.25) is 9.59 Å². The van der Waals surface area contributed by atoms with Gasteiger partial charge < -0.3 is 10.6 Å². The van der Waals surface area contributed by atoms with Crippen LogP contribution in [-0.2, 0) is 9.59 Å². The van der Waals surface area contributed by atoms with Gasteiger partial charge in [0.15, 0.2) is 0 Å². The molecular weight excluding hydrogens is 228 g/mol. The Kier molecular flexibility index (Phi) is 2.65. The predicted octanol–water partition coefficient (Wildman–Crippen LogP) is 1.49. The molecule has 4 nitrogen and oxygen atoms in total. The summed E-state index contributed by atoms with van der Waals surface area (Å²) >= 11 is 0. The summed E-state index contributed by atoms with van der Waals surface area (Å²) < 4.78 is 0. The second-order valence-corrected chi connectivity index (χ2v) is 6.50. The maximum atomic E-state index is 12.3. The minimum atomic E-state index is -0.306. The number of nitrogens with one attached hydrogen (secondary N) is 2. The monoisotopic (exact) mass is 250 g/mol. The van der Waals surface area contributed by atoms with E-state index in [1.54, 1.807) is 0 Å². The van der Waals surface area contributed by atoms with Gasteiger partial charge in [0.1, 0.15) is 6.04 Å². The van der Waals surface area contributed by atoms with E-state index in [1.165, 1.54) is 12.8 Å². The molecule has 3 fully saturated rings. The summed E-state index contributed by atoms with van der Waals surface area (Å²) in [5.74, 6) is 0.0611. The summed E-state index contributed by atoms with van der Waals surface area (Å²) in [4.78, 5) is 23.8. The zero-order chi connectivity index (χ0) is 12.8.